The highest BCUT2D eigenvalue weighted by atomic mass is 35.5. The summed E-state index contributed by atoms with van der Waals surface area (Å²) in [4.78, 5) is 10.6. The molecule has 1 atom stereocenters. The van der Waals surface area contributed by atoms with Crippen LogP contribution in [-0.2, 0) is 4.79 Å². The van der Waals surface area contributed by atoms with Gasteiger partial charge in [-0.05, 0) is 18.3 Å². The molecule has 64 valence electrons. The van der Waals surface area contributed by atoms with Crippen molar-refractivity contribution in [2.24, 2.45) is 11.3 Å². The van der Waals surface area contributed by atoms with Crippen LogP contribution >= 0.6 is 12.4 Å². The summed E-state index contributed by atoms with van der Waals surface area (Å²) in [5, 5.41) is 11.9. The van der Waals surface area contributed by atoms with Crippen LogP contribution in [0.3, 0.4) is 0 Å². The number of carboxylic acid groups (broad SMARTS) is 1. The minimum atomic E-state index is -0.623. The molecule has 0 aromatic rings. The Hall–Kier alpha value is -0.280. The molecular weight excluding hydrogens is 166 g/mol. The molecule has 2 aliphatic rings. The second kappa shape index (κ2) is 2.64. The van der Waals surface area contributed by atoms with Crippen molar-refractivity contribution in [3.63, 3.8) is 0 Å². The maximum absolute atomic E-state index is 10.6. The number of carboxylic acids is 1. The topological polar surface area (TPSA) is 49.3 Å². The molecule has 1 aliphatic heterocycles. The lowest BCUT2D eigenvalue weighted by Crippen LogP contribution is -2.22. The van der Waals surface area contributed by atoms with Crippen LogP contribution in [-0.4, -0.2) is 24.2 Å². The highest BCUT2D eigenvalue weighted by Crippen LogP contribution is 2.53. The fourth-order valence-corrected chi connectivity index (χ4v) is 1.84. The average Bonchev–Trinajstić information content (AvgIpc) is 2.42. The zero-order valence-electron chi connectivity index (χ0n) is 6.17. The van der Waals surface area contributed by atoms with Crippen molar-refractivity contribution in [3.8, 4) is 0 Å². The molecule has 0 amide bonds. The number of nitrogens with one attached hydrogen (secondary N) is 1. The molecule has 2 rings (SSSR count). The molecule has 4 heteroatoms. The first-order chi connectivity index (χ1) is 4.75. The number of aliphatic carboxylic acids is 1. The summed E-state index contributed by atoms with van der Waals surface area (Å²) in [5.74, 6) is -0.727. The summed E-state index contributed by atoms with van der Waals surface area (Å²) < 4.78 is 0. The first kappa shape index (κ1) is 8.81. The molecule has 3 nitrogen and oxygen atoms in total. The van der Waals surface area contributed by atoms with Crippen LogP contribution < -0.4 is 5.32 Å². The van der Waals surface area contributed by atoms with Crippen LogP contribution in [0.2, 0.25) is 0 Å². The number of halogens is 1. The second-order valence-electron chi connectivity index (χ2n) is 3.38. The van der Waals surface area contributed by atoms with Gasteiger partial charge in [-0.25, -0.2) is 0 Å². The summed E-state index contributed by atoms with van der Waals surface area (Å²) in [6.45, 7) is 1.60. The van der Waals surface area contributed by atoms with E-state index in [4.69, 9.17) is 5.11 Å². The molecule has 1 heterocycles. The van der Waals surface area contributed by atoms with Gasteiger partial charge in [-0.15, -0.1) is 12.4 Å². The van der Waals surface area contributed by atoms with Gasteiger partial charge < -0.3 is 10.4 Å². The molecule has 0 aromatic heterocycles. The summed E-state index contributed by atoms with van der Waals surface area (Å²) in [6.07, 6.45) is 2.22. The third-order valence-corrected chi connectivity index (χ3v) is 2.76. The summed E-state index contributed by atoms with van der Waals surface area (Å²) in [6, 6.07) is 0. The second-order valence-corrected chi connectivity index (χ2v) is 3.38. The van der Waals surface area contributed by atoms with Crippen LogP contribution in [0.1, 0.15) is 12.8 Å². The van der Waals surface area contributed by atoms with Crippen molar-refractivity contribution in [1.82, 2.24) is 5.32 Å². The summed E-state index contributed by atoms with van der Waals surface area (Å²) in [7, 11) is 0. The Morgan fingerprint density at radius 3 is 2.55 bits per heavy atom. The first-order valence-corrected chi connectivity index (χ1v) is 3.68. The van der Waals surface area contributed by atoms with Crippen LogP contribution in [0.4, 0.5) is 0 Å². The molecule has 1 saturated heterocycles. The van der Waals surface area contributed by atoms with Gasteiger partial charge in [0.25, 0.3) is 0 Å². The van der Waals surface area contributed by atoms with E-state index in [9.17, 15) is 4.79 Å². The molecule has 11 heavy (non-hydrogen) atoms. The highest BCUT2D eigenvalue weighted by molar-refractivity contribution is 5.85. The molecule has 0 radical (unpaired) electrons. The maximum Gasteiger partial charge on any atom is 0.308 e. The van der Waals surface area contributed by atoms with Crippen molar-refractivity contribution < 1.29 is 9.90 Å². The van der Waals surface area contributed by atoms with Gasteiger partial charge in [0.05, 0.1) is 5.92 Å². The van der Waals surface area contributed by atoms with Crippen molar-refractivity contribution >= 4 is 18.4 Å². The van der Waals surface area contributed by atoms with E-state index < -0.39 is 5.97 Å². The van der Waals surface area contributed by atoms with E-state index in [1.54, 1.807) is 0 Å². The molecule has 2 fully saturated rings. The third kappa shape index (κ3) is 1.23. The smallest absolute Gasteiger partial charge is 0.308 e. The molecule has 1 spiro atoms. The third-order valence-electron chi connectivity index (χ3n) is 2.76. The van der Waals surface area contributed by atoms with Gasteiger partial charge >= 0.3 is 5.97 Å². The maximum atomic E-state index is 10.6. The average molecular weight is 178 g/mol. The predicted molar refractivity (Wildman–Crippen MR) is 42.9 cm³/mol. The van der Waals surface area contributed by atoms with E-state index >= 15 is 0 Å². The fraction of sp³-hybridized carbons (Fsp3) is 0.857. The lowest BCUT2D eigenvalue weighted by Gasteiger charge is -2.10. The molecule has 2 N–H and O–H groups in total. The number of hydrogen-bond acceptors (Lipinski definition) is 2. The van der Waals surface area contributed by atoms with Gasteiger partial charge in [0.2, 0.25) is 0 Å². The monoisotopic (exact) mass is 177 g/mol. The zero-order chi connectivity index (χ0) is 7.19. The number of hydrogen-bond donors (Lipinski definition) is 2. The first-order valence-electron chi connectivity index (χ1n) is 3.68. The van der Waals surface area contributed by atoms with Crippen molar-refractivity contribution in [3.05, 3.63) is 0 Å². The van der Waals surface area contributed by atoms with E-state index in [0.717, 1.165) is 19.4 Å². The predicted octanol–water partition coefficient (Wildman–Crippen LogP) is 0.492. The Kier molecular flexibility index (Phi) is 2.12. The van der Waals surface area contributed by atoms with E-state index in [2.05, 4.69) is 5.32 Å². The Morgan fingerprint density at radius 2 is 2.18 bits per heavy atom. The Balaban J connectivity index is 0.000000605. The van der Waals surface area contributed by atoms with Crippen molar-refractivity contribution in [1.29, 1.82) is 0 Å². The van der Waals surface area contributed by atoms with Crippen LogP contribution in [0, 0.1) is 11.3 Å². The molecule has 0 bridgehead atoms. The molecule has 1 saturated carbocycles. The van der Waals surface area contributed by atoms with Crippen molar-refractivity contribution in [2.75, 3.05) is 13.1 Å². The lowest BCUT2D eigenvalue weighted by molar-refractivity contribution is -0.142. The van der Waals surface area contributed by atoms with Crippen molar-refractivity contribution in [2.45, 2.75) is 12.8 Å². The minimum absolute atomic E-state index is 0. The SMILES string of the molecule is Cl.O=C(O)C1CNCC12CC2. The minimum Gasteiger partial charge on any atom is -0.481 e. The fourth-order valence-electron chi connectivity index (χ4n) is 1.84. The van der Waals surface area contributed by atoms with E-state index in [1.807, 2.05) is 0 Å². The van der Waals surface area contributed by atoms with E-state index in [-0.39, 0.29) is 23.7 Å². The van der Waals surface area contributed by atoms with Gasteiger partial charge in [-0.2, -0.15) is 0 Å². The van der Waals surface area contributed by atoms with Gasteiger partial charge in [-0.3, -0.25) is 4.79 Å². The van der Waals surface area contributed by atoms with Crippen LogP contribution in [0.15, 0.2) is 0 Å². The molecule has 1 aliphatic carbocycles. The van der Waals surface area contributed by atoms with Gasteiger partial charge in [0, 0.05) is 13.1 Å². The van der Waals surface area contributed by atoms with Crippen LogP contribution in [0.25, 0.3) is 0 Å². The Labute approximate surface area is 71.6 Å². The van der Waals surface area contributed by atoms with E-state index in [0.29, 0.717) is 6.54 Å². The number of rotatable bonds is 1. The van der Waals surface area contributed by atoms with Gasteiger partial charge in [0.15, 0.2) is 0 Å². The quantitative estimate of drug-likeness (QED) is 0.613. The van der Waals surface area contributed by atoms with Gasteiger partial charge in [0.1, 0.15) is 0 Å². The highest BCUT2D eigenvalue weighted by Gasteiger charge is 2.55. The Bertz CT molecular complexity index is 179. The summed E-state index contributed by atoms with van der Waals surface area (Å²) >= 11 is 0. The zero-order valence-corrected chi connectivity index (χ0v) is 6.99. The van der Waals surface area contributed by atoms with E-state index in [1.165, 1.54) is 0 Å². The number of carbonyl (C=O) groups is 1. The molecule has 0 aromatic carbocycles. The molecule has 1 unspecified atom stereocenters. The summed E-state index contributed by atoms with van der Waals surface area (Å²) in [5.41, 5.74) is 0.172. The largest absolute Gasteiger partial charge is 0.481 e. The Morgan fingerprint density at radius 1 is 1.55 bits per heavy atom. The molecular formula is C7H12ClNO2. The normalized spacial score (nSPS) is 31.5. The standard InChI is InChI=1S/C7H11NO2.ClH/c9-6(10)5-3-8-4-7(5)1-2-7;/h5,8H,1-4H2,(H,9,10);1H. The van der Waals surface area contributed by atoms with Gasteiger partial charge in [-0.1, -0.05) is 0 Å². The lowest BCUT2D eigenvalue weighted by atomic mass is 9.93. The van der Waals surface area contributed by atoms with Crippen LogP contribution in [0.5, 0.6) is 0 Å².